The second-order valence-electron chi connectivity index (χ2n) is 4.40. The van der Waals surface area contributed by atoms with Gasteiger partial charge in [-0.15, -0.1) is 0 Å². The second-order valence-corrected chi connectivity index (χ2v) is 4.40. The Labute approximate surface area is 106 Å². The van der Waals surface area contributed by atoms with E-state index in [1.807, 2.05) is 6.92 Å². The van der Waals surface area contributed by atoms with E-state index in [1.165, 1.54) is 18.2 Å². The third-order valence-electron chi connectivity index (χ3n) is 2.99. The molecule has 1 fully saturated rings. The Hall–Kier alpha value is -1.17. The number of rotatable bonds is 4. The number of hydrogen-bond donors (Lipinski definition) is 2. The number of phenols is 1. The van der Waals surface area contributed by atoms with E-state index in [9.17, 15) is 9.50 Å². The number of aromatic hydroxyl groups is 1. The third-order valence-corrected chi connectivity index (χ3v) is 2.99. The molecule has 18 heavy (non-hydrogen) atoms. The Balaban J connectivity index is 1.90. The van der Waals surface area contributed by atoms with Gasteiger partial charge in [-0.3, -0.25) is 0 Å². The van der Waals surface area contributed by atoms with E-state index in [0.717, 1.165) is 0 Å². The summed E-state index contributed by atoms with van der Waals surface area (Å²) in [5.74, 6) is -0.258. The highest BCUT2D eigenvalue weighted by atomic mass is 19.1. The molecule has 2 N–H and O–H groups in total. The van der Waals surface area contributed by atoms with Crippen molar-refractivity contribution in [1.29, 1.82) is 0 Å². The molecule has 0 bridgehead atoms. The fourth-order valence-electron chi connectivity index (χ4n) is 1.94. The van der Waals surface area contributed by atoms with E-state index in [1.54, 1.807) is 0 Å². The van der Waals surface area contributed by atoms with Crippen LogP contribution in [-0.4, -0.2) is 37.6 Å². The van der Waals surface area contributed by atoms with Crippen molar-refractivity contribution in [2.75, 3.05) is 26.4 Å². The van der Waals surface area contributed by atoms with Crippen LogP contribution in [0.25, 0.3) is 0 Å². The summed E-state index contributed by atoms with van der Waals surface area (Å²) >= 11 is 0. The Morgan fingerprint density at radius 3 is 3.06 bits per heavy atom. The molecule has 0 aliphatic carbocycles. The molecule has 100 valence electrons. The maximum absolute atomic E-state index is 13.1. The van der Waals surface area contributed by atoms with Crippen LogP contribution < -0.4 is 5.32 Å². The van der Waals surface area contributed by atoms with Crippen molar-refractivity contribution in [2.45, 2.75) is 19.1 Å². The summed E-state index contributed by atoms with van der Waals surface area (Å²) in [6.07, 6.45) is 0.0110. The molecule has 1 aromatic carbocycles. The Morgan fingerprint density at radius 2 is 2.33 bits per heavy atom. The zero-order valence-corrected chi connectivity index (χ0v) is 10.4. The van der Waals surface area contributed by atoms with Crippen LogP contribution in [0.4, 0.5) is 4.39 Å². The molecule has 2 unspecified atom stereocenters. The predicted octanol–water partition coefficient (Wildman–Crippen LogP) is 1.60. The maximum atomic E-state index is 13.1. The average molecular weight is 255 g/mol. The molecule has 1 aromatic rings. The number of nitrogens with one attached hydrogen (secondary N) is 1. The monoisotopic (exact) mass is 255 g/mol. The number of ether oxygens (including phenoxy) is 2. The lowest BCUT2D eigenvalue weighted by Crippen LogP contribution is -2.38. The zero-order valence-electron chi connectivity index (χ0n) is 10.4. The van der Waals surface area contributed by atoms with Crippen molar-refractivity contribution in [3.8, 4) is 5.75 Å². The number of phenolic OH excluding ortho intramolecular Hbond substituents is 1. The zero-order chi connectivity index (χ0) is 13.0. The van der Waals surface area contributed by atoms with Gasteiger partial charge in [0.15, 0.2) is 0 Å². The van der Waals surface area contributed by atoms with E-state index in [0.29, 0.717) is 31.9 Å². The summed E-state index contributed by atoms with van der Waals surface area (Å²) in [5, 5.41) is 12.9. The minimum Gasteiger partial charge on any atom is -0.508 e. The Morgan fingerprint density at radius 1 is 1.50 bits per heavy atom. The second kappa shape index (κ2) is 6.13. The maximum Gasteiger partial charge on any atom is 0.123 e. The predicted molar refractivity (Wildman–Crippen MR) is 65.0 cm³/mol. The molecule has 0 radical (unpaired) electrons. The van der Waals surface area contributed by atoms with Crippen LogP contribution >= 0.6 is 0 Å². The molecule has 4 nitrogen and oxygen atoms in total. The first kappa shape index (κ1) is 13.3. The van der Waals surface area contributed by atoms with Gasteiger partial charge >= 0.3 is 0 Å². The fraction of sp³-hybridized carbons (Fsp3) is 0.538. The molecular formula is C13H18FNO3. The van der Waals surface area contributed by atoms with Crippen molar-refractivity contribution < 1.29 is 19.0 Å². The lowest BCUT2D eigenvalue weighted by molar-refractivity contribution is -0.0869. The van der Waals surface area contributed by atoms with Gasteiger partial charge in [-0.25, -0.2) is 4.39 Å². The number of hydrogen-bond acceptors (Lipinski definition) is 4. The molecule has 0 saturated carbocycles. The minimum atomic E-state index is -0.353. The summed E-state index contributed by atoms with van der Waals surface area (Å²) < 4.78 is 23.9. The van der Waals surface area contributed by atoms with Crippen molar-refractivity contribution >= 4 is 0 Å². The highest BCUT2D eigenvalue weighted by Gasteiger charge is 2.17. The van der Waals surface area contributed by atoms with Crippen LogP contribution in [0.15, 0.2) is 18.2 Å². The van der Waals surface area contributed by atoms with E-state index in [4.69, 9.17) is 9.47 Å². The van der Waals surface area contributed by atoms with Gasteiger partial charge in [0.05, 0.1) is 25.9 Å². The van der Waals surface area contributed by atoms with Gasteiger partial charge < -0.3 is 19.9 Å². The summed E-state index contributed by atoms with van der Waals surface area (Å²) in [7, 11) is 0. The SMILES string of the molecule is CC(NCC1COCCO1)c1cc(F)ccc1O. The molecule has 0 aromatic heterocycles. The van der Waals surface area contributed by atoms with Crippen molar-refractivity contribution in [1.82, 2.24) is 5.32 Å². The van der Waals surface area contributed by atoms with Gasteiger partial charge in [0, 0.05) is 18.2 Å². The fourth-order valence-corrected chi connectivity index (χ4v) is 1.94. The third kappa shape index (κ3) is 3.41. The topological polar surface area (TPSA) is 50.7 Å². The van der Waals surface area contributed by atoms with Crippen LogP contribution in [0.2, 0.25) is 0 Å². The molecule has 1 aliphatic rings. The smallest absolute Gasteiger partial charge is 0.123 e. The number of benzene rings is 1. The molecule has 5 heteroatoms. The molecule has 1 aliphatic heterocycles. The molecular weight excluding hydrogens is 237 g/mol. The lowest BCUT2D eigenvalue weighted by atomic mass is 10.1. The molecule has 0 spiro atoms. The molecule has 1 saturated heterocycles. The average Bonchev–Trinajstić information content (AvgIpc) is 2.40. The first-order valence-electron chi connectivity index (χ1n) is 6.08. The van der Waals surface area contributed by atoms with E-state index < -0.39 is 0 Å². The van der Waals surface area contributed by atoms with Gasteiger partial charge in [-0.2, -0.15) is 0 Å². The quantitative estimate of drug-likeness (QED) is 0.858. The van der Waals surface area contributed by atoms with Crippen molar-refractivity contribution in [2.24, 2.45) is 0 Å². The van der Waals surface area contributed by atoms with E-state index in [2.05, 4.69) is 5.32 Å². The summed E-state index contributed by atoms with van der Waals surface area (Å²) in [5.41, 5.74) is 0.548. The van der Waals surface area contributed by atoms with Gasteiger partial charge in [0.2, 0.25) is 0 Å². The van der Waals surface area contributed by atoms with Crippen LogP contribution in [-0.2, 0) is 9.47 Å². The summed E-state index contributed by atoms with van der Waals surface area (Å²) in [4.78, 5) is 0. The van der Waals surface area contributed by atoms with Gasteiger partial charge in [0.1, 0.15) is 11.6 Å². The lowest BCUT2D eigenvalue weighted by Gasteiger charge is -2.25. The van der Waals surface area contributed by atoms with Crippen LogP contribution in [0.3, 0.4) is 0 Å². The standard InChI is InChI=1S/C13H18FNO3/c1-9(12-6-10(14)2-3-13(12)16)15-7-11-8-17-4-5-18-11/h2-3,6,9,11,15-16H,4-5,7-8H2,1H3. The normalized spacial score (nSPS) is 21.8. The Bertz CT molecular complexity index is 394. The Kier molecular flexibility index (Phi) is 4.52. The van der Waals surface area contributed by atoms with Gasteiger partial charge in [0.25, 0.3) is 0 Å². The first-order chi connectivity index (χ1) is 8.66. The van der Waals surface area contributed by atoms with Crippen molar-refractivity contribution in [3.63, 3.8) is 0 Å². The van der Waals surface area contributed by atoms with E-state index in [-0.39, 0.29) is 23.7 Å². The van der Waals surface area contributed by atoms with Crippen LogP contribution in [0.5, 0.6) is 5.75 Å². The van der Waals surface area contributed by atoms with Crippen LogP contribution in [0.1, 0.15) is 18.5 Å². The molecule has 1 heterocycles. The minimum absolute atomic E-state index is 0.0110. The molecule has 2 rings (SSSR count). The largest absolute Gasteiger partial charge is 0.508 e. The summed E-state index contributed by atoms with van der Waals surface area (Å²) in [6, 6.07) is 3.80. The van der Waals surface area contributed by atoms with E-state index >= 15 is 0 Å². The summed E-state index contributed by atoms with van der Waals surface area (Å²) in [6.45, 7) is 4.28. The molecule has 2 atom stereocenters. The van der Waals surface area contributed by atoms with Gasteiger partial charge in [-0.05, 0) is 25.1 Å². The first-order valence-corrected chi connectivity index (χ1v) is 6.08. The molecule has 0 amide bonds. The number of halogens is 1. The van der Waals surface area contributed by atoms with Gasteiger partial charge in [-0.1, -0.05) is 0 Å². The van der Waals surface area contributed by atoms with Crippen molar-refractivity contribution in [3.05, 3.63) is 29.6 Å². The highest BCUT2D eigenvalue weighted by Crippen LogP contribution is 2.24. The van der Waals surface area contributed by atoms with Crippen LogP contribution in [0, 0.1) is 5.82 Å². The highest BCUT2D eigenvalue weighted by molar-refractivity contribution is 5.34.